The summed E-state index contributed by atoms with van der Waals surface area (Å²) in [5.74, 6) is 0. The van der Waals surface area contributed by atoms with Gasteiger partial charge in [-0.1, -0.05) is 0 Å². The van der Waals surface area contributed by atoms with Crippen molar-refractivity contribution in [2.75, 3.05) is 19.7 Å². The number of nitrogens with one attached hydrogen (secondary N) is 1. The molecule has 0 aromatic carbocycles. The summed E-state index contributed by atoms with van der Waals surface area (Å²) in [6, 6.07) is 0. The molecule has 1 spiro atoms. The summed E-state index contributed by atoms with van der Waals surface area (Å²) >= 11 is 0. The molecule has 2 fully saturated rings. The molecule has 0 aliphatic carbocycles. The normalized spacial score (nSPS) is 39.8. The lowest BCUT2D eigenvalue weighted by atomic mass is 9.90. The van der Waals surface area contributed by atoms with Crippen LogP contribution in [0.1, 0.15) is 0 Å². The number of halogens is 1. The van der Waals surface area contributed by atoms with Crippen LogP contribution in [-0.4, -0.2) is 47.7 Å². The van der Waals surface area contributed by atoms with E-state index in [0.29, 0.717) is 13.1 Å². The van der Waals surface area contributed by atoms with E-state index in [1.807, 2.05) is 0 Å². The summed E-state index contributed by atoms with van der Waals surface area (Å²) in [6.45, 7) is 1.58. The van der Waals surface area contributed by atoms with Crippen LogP contribution < -0.4 is 5.32 Å². The van der Waals surface area contributed by atoms with Gasteiger partial charge in [0.25, 0.3) is 0 Å². The SMILES string of the molecule is Cl.O[C@@H]1COC2(CNC2)[C@@H]1O. The number of aliphatic hydroxyl groups is 2. The maximum absolute atomic E-state index is 9.35. The molecule has 2 heterocycles. The number of hydrogen-bond acceptors (Lipinski definition) is 4. The van der Waals surface area contributed by atoms with Crippen LogP contribution in [0.2, 0.25) is 0 Å². The van der Waals surface area contributed by atoms with Crippen molar-refractivity contribution in [2.24, 2.45) is 0 Å². The average Bonchev–Trinajstić information content (AvgIpc) is 2.10. The minimum atomic E-state index is -0.700. The molecule has 2 aliphatic heterocycles. The lowest BCUT2D eigenvalue weighted by Crippen LogP contribution is -2.65. The Morgan fingerprint density at radius 3 is 2.18 bits per heavy atom. The zero-order valence-electron chi connectivity index (χ0n) is 5.99. The van der Waals surface area contributed by atoms with Crippen LogP contribution in [0.25, 0.3) is 0 Å². The minimum absolute atomic E-state index is 0. The van der Waals surface area contributed by atoms with Gasteiger partial charge in [-0.2, -0.15) is 0 Å². The van der Waals surface area contributed by atoms with Gasteiger partial charge in [0, 0.05) is 13.1 Å². The molecule has 3 N–H and O–H groups in total. The zero-order valence-corrected chi connectivity index (χ0v) is 6.80. The highest BCUT2D eigenvalue weighted by Gasteiger charge is 2.52. The Kier molecular flexibility index (Phi) is 2.41. The Balaban J connectivity index is 0.000000605. The van der Waals surface area contributed by atoms with Gasteiger partial charge in [-0.3, -0.25) is 0 Å². The second kappa shape index (κ2) is 2.88. The molecule has 11 heavy (non-hydrogen) atoms. The Morgan fingerprint density at radius 2 is 2.00 bits per heavy atom. The fourth-order valence-electron chi connectivity index (χ4n) is 1.46. The van der Waals surface area contributed by atoms with Crippen molar-refractivity contribution in [1.29, 1.82) is 0 Å². The van der Waals surface area contributed by atoms with Gasteiger partial charge in [0.1, 0.15) is 17.8 Å². The molecule has 2 atom stereocenters. The van der Waals surface area contributed by atoms with E-state index in [9.17, 15) is 5.11 Å². The predicted molar refractivity (Wildman–Crippen MR) is 40.8 cm³/mol. The highest BCUT2D eigenvalue weighted by atomic mass is 35.5. The van der Waals surface area contributed by atoms with E-state index in [1.165, 1.54) is 0 Å². The average molecular weight is 182 g/mol. The first-order chi connectivity index (χ1) is 4.75. The smallest absolute Gasteiger partial charge is 0.121 e. The van der Waals surface area contributed by atoms with Gasteiger partial charge < -0.3 is 20.3 Å². The third-order valence-electron chi connectivity index (χ3n) is 2.29. The third kappa shape index (κ3) is 1.15. The first-order valence-electron chi connectivity index (χ1n) is 3.45. The highest BCUT2D eigenvalue weighted by molar-refractivity contribution is 5.85. The standard InChI is InChI=1S/C6H11NO3.ClH/c8-4-1-10-6(5(4)9)2-7-3-6;/h4-5,7-9H,1-3H2;1H/t4-,5-;/m1./s1. The van der Waals surface area contributed by atoms with E-state index in [1.54, 1.807) is 0 Å². The van der Waals surface area contributed by atoms with Gasteiger partial charge in [0.05, 0.1) is 6.61 Å². The number of rotatable bonds is 0. The quantitative estimate of drug-likeness (QED) is 0.426. The molecular weight excluding hydrogens is 170 g/mol. The van der Waals surface area contributed by atoms with Crippen LogP contribution in [-0.2, 0) is 4.74 Å². The zero-order chi connectivity index (χ0) is 7.19. The summed E-state index contributed by atoms with van der Waals surface area (Å²) < 4.78 is 5.24. The molecular formula is C6H12ClNO3. The van der Waals surface area contributed by atoms with E-state index in [2.05, 4.69) is 5.32 Å². The van der Waals surface area contributed by atoms with E-state index in [4.69, 9.17) is 9.84 Å². The highest BCUT2D eigenvalue weighted by Crippen LogP contribution is 2.29. The lowest BCUT2D eigenvalue weighted by Gasteiger charge is -2.40. The largest absolute Gasteiger partial charge is 0.388 e. The van der Waals surface area contributed by atoms with Crippen molar-refractivity contribution in [2.45, 2.75) is 17.8 Å². The van der Waals surface area contributed by atoms with Crippen LogP contribution in [0.5, 0.6) is 0 Å². The molecule has 0 bridgehead atoms. The monoisotopic (exact) mass is 181 g/mol. The van der Waals surface area contributed by atoms with Gasteiger partial charge in [0.2, 0.25) is 0 Å². The van der Waals surface area contributed by atoms with Crippen LogP contribution in [0.3, 0.4) is 0 Å². The molecule has 66 valence electrons. The Hall–Kier alpha value is 0.130. The van der Waals surface area contributed by atoms with Crippen LogP contribution in [0, 0.1) is 0 Å². The predicted octanol–water partition coefficient (Wildman–Crippen LogP) is -1.50. The summed E-state index contributed by atoms with van der Waals surface area (Å²) in [5, 5.41) is 21.4. The second-order valence-corrected chi connectivity index (χ2v) is 2.99. The first kappa shape index (κ1) is 9.22. The maximum atomic E-state index is 9.35. The van der Waals surface area contributed by atoms with Crippen molar-refractivity contribution >= 4 is 12.4 Å². The van der Waals surface area contributed by atoms with Gasteiger partial charge in [-0.25, -0.2) is 0 Å². The minimum Gasteiger partial charge on any atom is -0.388 e. The lowest BCUT2D eigenvalue weighted by molar-refractivity contribution is -0.0958. The fraction of sp³-hybridized carbons (Fsp3) is 1.00. The van der Waals surface area contributed by atoms with E-state index < -0.39 is 17.8 Å². The van der Waals surface area contributed by atoms with E-state index >= 15 is 0 Å². The van der Waals surface area contributed by atoms with Crippen LogP contribution >= 0.6 is 12.4 Å². The first-order valence-corrected chi connectivity index (χ1v) is 3.45. The third-order valence-corrected chi connectivity index (χ3v) is 2.29. The van der Waals surface area contributed by atoms with Crippen molar-refractivity contribution in [1.82, 2.24) is 5.32 Å². The van der Waals surface area contributed by atoms with Gasteiger partial charge in [0.15, 0.2) is 0 Å². The van der Waals surface area contributed by atoms with Crippen molar-refractivity contribution < 1.29 is 14.9 Å². The maximum Gasteiger partial charge on any atom is 0.121 e. The van der Waals surface area contributed by atoms with Gasteiger partial charge in [-0.05, 0) is 0 Å². The Bertz CT molecular complexity index is 151. The number of aliphatic hydroxyl groups excluding tert-OH is 2. The molecule has 5 heteroatoms. The van der Waals surface area contributed by atoms with Crippen LogP contribution in [0.4, 0.5) is 0 Å². The number of hydrogen-bond donors (Lipinski definition) is 3. The summed E-state index contributed by atoms with van der Waals surface area (Å²) in [7, 11) is 0. The molecule has 2 saturated heterocycles. The van der Waals surface area contributed by atoms with Crippen molar-refractivity contribution in [3.63, 3.8) is 0 Å². The molecule has 2 aliphatic rings. The van der Waals surface area contributed by atoms with Crippen molar-refractivity contribution in [3.05, 3.63) is 0 Å². The van der Waals surface area contributed by atoms with Crippen molar-refractivity contribution in [3.8, 4) is 0 Å². The topological polar surface area (TPSA) is 61.7 Å². The number of ether oxygens (including phenoxy) is 1. The molecule has 0 saturated carbocycles. The molecule has 0 aromatic heterocycles. The molecule has 0 aromatic rings. The summed E-state index contributed by atoms with van der Waals surface area (Å²) in [4.78, 5) is 0. The Labute approximate surface area is 71.0 Å². The van der Waals surface area contributed by atoms with Gasteiger partial charge in [-0.15, -0.1) is 12.4 Å². The second-order valence-electron chi connectivity index (χ2n) is 2.99. The molecule has 0 amide bonds. The summed E-state index contributed by atoms with van der Waals surface area (Å²) in [6.07, 6.45) is -1.39. The fourth-order valence-corrected chi connectivity index (χ4v) is 1.46. The van der Waals surface area contributed by atoms with E-state index in [-0.39, 0.29) is 19.0 Å². The Morgan fingerprint density at radius 1 is 1.36 bits per heavy atom. The van der Waals surface area contributed by atoms with Gasteiger partial charge >= 0.3 is 0 Å². The molecule has 0 unspecified atom stereocenters. The van der Waals surface area contributed by atoms with E-state index in [0.717, 1.165) is 0 Å². The summed E-state index contributed by atoms with van der Waals surface area (Å²) in [5.41, 5.74) is -0.459. The molecule has 4 nitrogen and oxygen atoms in total. The molecule has 0 radical (unpaired) electrons. The molecule has 2 rings (SSSR count). The van der Waals surface area contributed by atoms with Crippen LogP contribution in [0.15, 0.2) is 0 Å².